The second-order valence-corrected chi connectivity index (χ2v) is 11.5. The lowest BCUT2D eigenvalue weighted by Crippen LogP contribution is -2.43. The van der Waals surface area contributed by atoms with Gasteiger partial charge < -0.3 is 20.2 Å². The summed E-state index contributed by atoms with van der Waals surface area (Å²) in [6, 6.07) is 16.7. The SMILES string of the molecule is CC(c1oc(=O)c2ccccc2c1-c1cccc(CN2CCN(C)CC2)c1)N1NC(c2cncc(O)c2)c2c(N)ncnc21. The Kier molecular flexibility index (Phi) is 7.21. The van der Waals surface area contributed by atoms with E-state index in [2.05, 4.69) is 61.5 Å². The third kappa shape index (κ3) is 5.04. The molecule has 0 radical (unpaired) electrons. The lowest BCUT2D eigenvalue weighted by atomic mass is 9.94. The van der Waals surface area contributed by atoms with Crippen LogP contribution >= 0.6 is 0 Å². The molecule has 0 saturated carbocycles. The standard InChI is InChI=1S/C33H34N8O3/c1-20(41-32-28(31(34)36-19-37-32)29(38-41)23-15-24(42)17-35-16-23)30-27(25-8-3-4-9-26(25)33(43)44-30)22-7-5-6-21(14-22)18-40-12-10-39(2)11-13-40/h3-9,14-17,19-20,29,38,42H,10-13,18H2,1-2H3,(H2,34,36,37). The van der Waals surface area contributed by atoms with Crippen LogP contribution in [0.5, 0.6) is 5.75 Å². The minimum absolute atomic E-state index is 0.0343. The van der Waals surface area contributed by atoms with Gasteiger partial charge in [-0.05, 0) is 48.9 Å². The van der Waals surface area contributed by atoms with Crippen LogP contribution in [0.25, 0.3) is 21.9 Å². The van der Waals surface area contributed by atoms with Crippen LogP contribution in [-0.4, -0.2) is 63.1 Å². The molecule has 0 bridgehead atoms. The topological polar surface area (TPSA) is 137 Å². The van der Waals surface area contributed by atoms with Gasteiger partial charge in [-0.2, -0.15) is 0 Å². The number of nitrogen functional groups attached to an aromatic ring is 1. The number of nitrogens with zero attached hydrogens (tertiary/aromatic N) is 6. The monoisotopic (exact) mass is 590 g/mol. The minimum Gasteiger partial charge on any atom is -0.506 e. The molecule has 2 unspecified atom stereocenters. The molecule has 0 amide bonds. The molecule has 1 saturated heterocycles. The van der Waals surface area contributed by atoms with E-state index < -0.39 is 17.7 Å². The first kappa shape index (κ1) is 28.0. The van der Waals surface area contributed by atoms with Gasteiger partial charge in [0.05, 0.1) is 23.2 Å². The van der Waals surface area contributed by atoms with E-state index in [9.17, 15) is 9.90 Å². The molecule has 5 aromatic rings. The highest BCUT2D eigenvalue weighted by molar-refractivity contribution is 5.97. The molecule has 11 heteroatoms. The van der Waals surface area contributed by atoms with Crippen molar-refractivity contribution in [1.82, 2.24) is 30.2 Å². The van der Waals surface area contributed by atoms with Gasteiger partial charge in [0.15, 0.2) is 5.82 Å². The smallest absolute Gasteiger partial charge is 0.343 e. The van der Waals surface area contributed by atoms with Crippen LogP contribution < -0.4 is 21.8 Å². The maximum absolute atomic E-state index is 13.4. The number of aromatic nitrogens is 3. The summed E-state index contributed by atoms with van der Waals surface area (Å²) in [6.07, 6.45) is 4.45. The Balaban J connectivity index is 1.33. The number of aromatic hydroxyl groups is 1. The molecule has 2 atom stereocenters. The van der Waals surface area contributed by atoms with Gasteiger partial charge in [0.25, 0.3) is 0 Å². The second kappa shape index (κ2) is 11.3. The Hall–Kier alpha value is -4.84. The van der Waals surface area contributed by atoms with Crippen LogP contribution in [0.1, 0.15) is 41.5 Å². The van der Waals surface area contributed by atoms with Gasteiger partial charge in [-0.25, -0.2) is 20.2 Å². The third-order valence-corrected chi connectivity index (χ3v) is 8.61. The summed E-state index contributed by atoms with van der Waals surface area (Å²) in [4.78, 5) is 31.2. The summed E-state index contributed by atoms with van der Waals surface area (Å²) in [7, 11) is 2.16. The average molecular weight is 591 g/mol. The fourth-order valence-electron chi connectivity index (χ4n) is 6.29. The second-order valence-electron chi connectivity index (χ2n) is 11.5. The van der Waals surface area contributed by atoms with Crippen LogP contribution in [0.3, 0.4) is 0 Å². The first-order valence-electron chi connectivity index (χ1n) is 14.7. The maximum atomic E-state index is 13.4. The van der Waals surface area contributed by atoms with Crippen molar-refractivity contribution >= 4 is 22.4 Å². The number of hydrogen-bond donors (Lipinski definition) is 3. The molecular formula is C33H34N8O3. The lowest BCUT2D eigenvalue weighted by molar-refractivity contribution is 0.148. The first-order chi connectivity index (χ1) is 21.4. The van der Waals surface area contributed by atoms with Crippen molar-refractivity contribution in [3.05, 3.63) is 106 Å². The molecule has 0 aliphatic carbocycles. The van der Waals surface area contributed by atoms with Gasteiger partial charge >= 0.3 is 5.63 Å². The molecule has 2 aromatic carbocycles. The Bertz CT molecular complexity index is 1900. The number of anilines is 2. The summed E-state index contributed by atoms with van der Waals surface area (Å²) < 4.78 is 6.18. The summed E-state index contributed by atoms with van der Waals surface area (Å²) in [6.45, 7) is 6.95. The van der Waals surface area contributed by atoms with Gasteiger partial charge in [0.1, 0.15) is 29.7 Å². The lowest BCUT2D eigenvalue weighted by Gasteiger charge is -2.32. The van der Waals surface area contributed by atoms with E-state index in [1.807, 2.05) is 30.1 Å². The predicted octanol–water partition coefficient (Wildman–Crippen LogP) is 3.86. The highest BCUT2D eigenvalue weighted by Gasteiger charge is 2.38. The Morgan fingerprint density at radius 2 is 1.84 bits per heavy atom. The van der Waals surface area contributed by atoms with Crippen LogP contribution in [0.15, 0.2) is 82.5 Å². The molecule has 1 fully saturated rings. The number of hydrazine groups is 1. The highest BCUT2D eigenvalue weighted by Crippen LogP contribution is 2.44. The Labute approximate surface area is 254 Å². The van der Waals surface area contributed by atoms with E-state index in [1.165, 1.54) is 18.1 Å². The zero-order chi connectivity index (χ0) is 30.4. The molecule has 0 spiro atoms. The molecule has 3 aromatic heterocycles. The number of hydrogen-bond acceptors (Lipinski definition) is 11. The number of benzene rings is 2. The van der Waals surface area contributed by atoms with Gasteiger partial charge in [-0.15, -0.1) is 0 Å². The first-order valence-corrected chi connectivity index (χ1v) is 14.7. The largest absolute Gasteiger partial charge is 0.506 e. The van der Waals surface area contributed by atoms with Crippen LogP contribution in [0, 0.1) is 0 Å². The van der Waals surface area contributed by atoms with Crippen molar-refractivity contribution < 1.29 is 9.52 Å². The number of nitrogens with two attached hydrogens (primary N) is 1. The summed E-state index contributed by atoms with van der Waals surface area (Å²) >= 11 is 0. The van der Waals surface area contributed by atoms with E-state index in [1.54, 1.807) is 18.3 Å². The molecule has 4 N–H and O–H groups in total. The molecule has 44 heavy (non-hydrogen) atoms. The minimum atomic E-state index is -0.494. The molecular weight excluding hydrogens is 556 g/mol. The number of rotatable bonds is 6. The molecule has 5 heterocycles. The van der Waals surface area contributed by atoms with Crippen LogP contribution in [0.2, 0.25) is 0 Å². The number of nitrogens with one attached hydrogen (secondary N) is 1. The number of likely N-dealkylation sites (N-methyl/N-ethyl adjacent to an activating group) is 1. The fourth-order valence-corrected chi connectivity index (χ4v) is 6.29. The fraction of sp³-hybridized carbons (Fsp3) is 0.273. The summed E-state index contributed by atoms with van der Waals surface area (Å²) in [5, 5.41) is 13.3. The zero-order valence-corrected chi connectivity index (χ0v) is 24.6. The van der Waals surface area contributed by atoms with E-state index in [0.29, 0.717) is 33.9 Å². The zero-order valence-electron chi connectivity index (χ0n) is 24.6. The van der Waals surface area contributed by atoms with Crippen LogP contribution in [0.4, 0.5) is 11.6 Å². The van der Waals surface area contributed by atoms with Crippen molar-refractivity contribution in [3.63, 3.8) is 0 Å². The van der Waals surface area contributed by atoms with Crippen molar-refractivity contribution in [3.8, 4) is 16.9 Å². The predicted molar refractivity (Wildman–Crippen MR) is 169 cm³/mol. The van der Waals surface area contributed by atoms with E-state index in [4.69, 9.17) is 10.2 Å². The van der Waals surface area contributed by atoms with E-state index in [0.717, 1.165) is 49.2 Å². The van der Waals surface area contributed by atoms with Crippen LogP contribution in [-0.2, 0) is 6.54 Å². The molecule has 7 rings (SSSR count). The maximum Gasteiger partial charge on any atom is 0.343 e. The van der Waals surface area contributed by atoms with Gasteiger partial charge in [-0.1, -0.05) is 36.4 Å². The van der Waals surface area contributed by atoms with Gasteiger partial charge in [-0.3, -0.25) is 14.9 Å². The molecule has 2 aliphatic heterocycles. The highest BCUT2D eigenvalue weighted by atomic mass is 16.4. The summed E-state index contributed by atoms with van der Waals surface area (Å²) in [5.41, 5.74) is 13.8. The third-order valence-electron chi connectivity index (χ3n) is 8.61. The average Bonchev–Trinajstić information content (AvgIpc) is 3.43. The Morgan fingerprint density at radius 3 is 2.64 bits per heavy atom. The summed E-state index contributed by atoms with van der Waals surface area (Å²) in [5.74, 6) is 1.40. The van der Waals surface area contributed by atoms with Crippen molar-refractivity contribution in [2.24, 2.45) is 0 Å². The van der Waals surface area contributed by atoms with Gasteiger partial charge in [0.2, 0.25) is 0 Å². The molecule has 11 nitrogen and oxygen atoms in total. The number of piperazine rings is 1. The van der Waals surface area contributed by atoms with Gasteiger partial charge in [0, 0.05) is 49.9 Å². The number of fused-ring (bicyclic) bond motifs is 2. The van der Waals surface area contributed by atoms with E-state index in [-0.39, 0.29) is 5.75 Å². The van der Waals surface area contributed by atoms with E-state index >= 15 is 0 Å². The normalized spacial score (nSPS) is 18.0. The van der Waals surface area contributed by atoms with Crippen molar-refractivity contribution in [1.29, 1.82) is 0 Å². The van der Waals surface area contributed by atoms with Crippen molar-refractivity contribution in [2.75, 3.05) is 44.0 Å². The molecule has 2 aliphatic rings. The van der Waals surface area contributed by atoms with Crippen molar-refractivity contribution in [2.45, 2.75) is 25.6 Å². The quantitative estimate of drug-likeness (QED) is 0.266. The number of pyridine rings is 1. The Morgan fingerprint density at radius 1 is 1.05 bits per heavy atom. The molecule has 224 valence electrons.